The standard InChI is InChI=1S/C8H8Cl4N2/c1-8(12,4-9)3-5-2-6(10)13-14-7(5)11/h2H,3-4H2,1H3. The number of aromatic nitrogens is 2. The third-order valence-corrected chi connectivity index (χ3v) is 3.13. The lowest BCUT2D eigenvalue weighted by Crippen LogP contribution is -2.22. The van der Waals surface area contributed by atoms with Crippen molar-refractivity contribution in [2.45, 2.75) is 18.2 Å². The average Bonchev–Trinajstić information content (AvgIpc) is 2.11. The molecular formula is C8H8Cl4N2. The number of hydrogen-bond donors (Lipinski definition) is 0. The molecule has 1 rings (SSSR count). The third-order valence-electron chi connectivity index (χ3n) is 1.63. The van der Waals surface area contributed by atoms with Crippen molar-refractivity contribution in [3.63, 3.8) is 0 Å². The Labute approximate surface area is 103 Å². The molecule has 0 aliphatic heterocycles. The minimum atomic E-state index is -0.544. The van der Waals surface area contributed by atoms with Crippen LogP contribution in [-0.2, 0) is 6.42 Å². The van der Waals surface area contributed by atoms with Crippen LogP contribution in [0.15, 0.2) is 6.07 Å². The maximum Gasteiger partial charge on any atom is 0.155 e. The molecule has 0 saturated heterocycles. The Morgan fingerprint density at radius 3 is 2.57 bits per heavy atom. The first-order chi connectivity index (χ1) is 6.44. The number of halogens is 4. The second-order valence-corrected chi connectivity index (χ2v) is 5.13. The summed E-state index contributed by atoms with van der Waals surface area (Å²) in [4.78, 5) is -0.544. The summed E-state index contributed by atoms with van der Waals surface area (Å²) in [5.41, 5.74) is 0.754. The highest BCUT2D eigenvalue weighted by Crippen LogP contribution is 2.26. The van der Waals surface area contributed by atoms with Crippen LogP contribution in [0.2, 0.25) is 10.3 Å². The molecule has 78 valence electrons. The fourth-order valence-electron chi connectivity index (χ4n) is 0.956. The molecular weight excluding hydrogens is 266 g/mol. The Bertz CT molecular complexity index is 327. The van der Waals surface area contributed by atoms with Crippen molar-refractivity contribution in [3.8, 4) is 0 Å². The Kier molecular flexibility index (Phi) is 4.26. The maximum atomic E-state index is 6.10. The maximum absolute atomic E-state index is 6.10. The van der Waals surface area contributed by atoms with Crippen LogP contribution in [0.3, 0.4) is 0 Å². The van der Waals surface area contributed by atoms with E-state index in [0.717, 1.165) is 5.56 Å². The molecule has 0 bridgehead atoms. The summed E-state index contributed by atoms with van der Waals surface area (Å²) in [5, 5.41) is 7.89. The first kappa shape index (κ1) is 12.3. The second kappa shape index (κ2) is 4.84. The van der Waals surface area contributed by atoms with E-state index in [1.807, 2.05) is 6.92 Å². The summed E-state index contributed by atoms with van der Waals surface area (Å²) < 4.78 is 0. The average molecular weight is 274 g/mol. The lowest BCUT2D eigenvalue weighted by Gasteiger charge is -2.18. The molecule has 1 heterocycles. The van der Waals surface area contributed by atoms with Gasteiger partial charge in [0.15, 0.2) is 10.3 Å². The number of nitrogens with zero attached hydrogens (tertiary/aromatic N) is 2. The van der Waals surface area contributed by atoms with E-state index in [4.69, 9.17) is 46.4 Å². The molecule has 0 amide bonds. The Hall–Kier alpha value is 0.240. The van der Waals surface area contributed by atoms with Crippen molar-refractivity contribution in [2.75, 3.05) is 5.88 Å². The van der Waals surface area contributed by atoms with Gasteiger partial charge in [-0.3, -0.25) is 0 Å². The molecule has 0 aliphatic carbocycles. The van der Waals surface area contributed by atoms with Gasteiger partial charge in [0.2, 0.25) is 0 Å². The zero-order valence-electron chi connectivity index (χ0n) is 7.40. The SMILES string of the molecule is CC(Cl)(CCl)Cc1cc(Cl)nnc1Cl. The first-order valence-corrected chi connectivity index (χ1v) is 5.54. The van der Waals surface area contributed by atoms with Gasteiger partial charge in [-0.15, -0.1) is 33.4 Å². The van der Waals surface area contributed by atoms with Gasteiger partial charge >= 0.3 is 0 Å². The smallest absolute Gasteiger partial charge is 0.137 e. The van der Waals surface area contributed by atoms with Gasteiger partial charge in [0.05, 0.1) is 4.87 Å². The van der Waals surface area contributed by atoms with E-state index in [1.54, 1.807) is 6.07 Å². The molecule has 0 N–H and O–H groups in total. The van der Waals surface area contributed by atoms with Crippen LogP contribution in [0.1, 0.15) is 12.5 Å². The van der Waals surface area contributed by atoms with Crippen molar-refractivity contribution in [2.24, 2.45) is 0 Å². The molecule has 14 heavy (non-hydrogen) atoms. The van der Waals surface area contributed by atoms with Crippen molar-refractivity contribution in [1.29, 1.82) is 0 Å². The minimum Gasteiger partial charge on any atom is -0.137 e. The number of alkyl halides is 2. The van der Waals surface area contributed by atoms with Crippen LogP contribution in [0.5, 0.6) is 0 Å². The van der Waals surface area contributed by atoms with E-state index in [9.17, 15) is 0 Å². The number of rotatable bonds is 3. The molecule has 1 aromatic heterocycles. The molecule has 1 unspecified atom stereocenters. The molecule has 2 nitrogen and oxygen atoms in total. The van der Waals surface area contributed by atoms with Crippen molar-refractivity contribution >= 4 is 46.4 Å². The topological polar surface area (TPSA) is 25.8 Å². The van der Waals surface area contributed by atoms with Gasteiger partial charge in [-0.2, -0.15) is 0 Å². The van der Waals surface area contributed by atoms with Gasteiger partial charge in [0.1, 0.15) is 0 Å². The zero-order valence-corrected chi connectivity index (χ0v) is 10.4. The van der Waals surface area contributed by atoms with Gasteiger partial charge in [-0.05, 0) is 25.0 Å². The van der Waals surface area contributed by atoms with Crippen LogP contribution in [0, 0.1) is 0 Å². The summed E-state index contributed by atoms with van der Waals surface area (Å²) in [7, 11) is 0. The van der Waals surface area contributed by atoms with E-state index in [-0.39, 0.29) is 0 Å². The largest absolute Gasteiger partial charge is 0.155 e. The fourth-order valence-corrected chi connectivity index (χ4v) is 1.52. The highest BCUT2D eigenvalue weighted by molar-refractivity contribution is 6.32. The summed E-state index contributed by atoms with van der Waals surface area (Å²) in [6, 6.07) is 1.64. The van der Waals surface area contributed by atoms with Crippen LogP contribution >= 0.6 is 46.4 Å². The fraction of sp³-hybridized carbons (Fsp3) is 0.500. The predicted molar refractivity (Wildman–Crippen MR) is 60.7 cm³/mol. The highest BCUT2D eigenvalue weighted by atomic mass is 35.5. The van der Waals surface area contributed by atoms with Crippen LogP contribution in [0.4, 0.5) is 0 Å². The molecule has 0 aliphatic rings. The van der Waals surface area contributed by atoms with E-state index in [1.165, 1.54) is 0 Å². The molecule has 0 aromatic carbocycles. The van der Waals surface area contributed by atoms with Crippen molar-refractivity contribution < 1.29 is 0 Å². The van der Waals surface area contributed by atoms with E-state index in [2.05, 4.69) is 10.2 Å². The molecule has 1 atom stereocenters. The lowest BCUT2D eigenvalue weighted by molar-refractivity contribution is 0.696. The monoisotopic (exact) mass is 272 g/mol. The molecule has 1 aromatic rings. The van der Waals surface area contributed by atoms with Crippen molar-refractivity contribution in [3.05, 3.63) is 21.9 Å². The molecule has 6 heteroatoms. The summed E-state index contributed by atoms with van der Waals surface area (Å²) in [6.07, 6.45) is 0.506. The van der Waals surface area contributed by atoms with Gasteiger partial charge in [0, 0.05) is 5.88 Å². The molecule has 0 saturated carbocycles. The van der Waals surface area contributed by atoms with Crippen LogP contribution < -0.4 is 0 Å². The minimum absolute atomic E-state index is 0.298. The summed E-state index contributed by atoms with van der Waals surface area (Å²) in [6.45, 7) is 1.83. The predicted octanol–water partition coefficient (Wildman–Crippen LogP) is 3.56. The first-order valence-electron chi connectivity index (χ1n) is 3.87. The number of hydrogen-bond acceptors (Lipinski definition) is 2. The van der Waals surface area contributed by atoms with Gasteiger partial charge in [-0.25, -0.2) is 0 Å². The van der Waals surface area contributed by atoms with Crippen LogP contribution in [-0.4, -0.2) is 21.0 Å². The summed E-state index contributed by atoms with van der Waals surface area (Å²) in [5.74, 6) is 0.324. The van der Waals surface area contributed by atoms with Gasteiger partial charge in [-0.1, -0.05) is 23.2 Å². The van der Waals surface area contributed by atoms with E-state index in [0.29, 0.717) is 22.6 Å². The Balaban J connectivity index is 2.91. The third kappa shape index (κ3) is 3.43. The molecule has 0 fully saturated rings. The summed E-state index contributed by atoms with van der Waals surface area (Å²) >= 11 is 23.3. The normalized spacial score (nSPS) is 15.2. The van der Waals surface area contributed by atoms with Gasteiger partial charge in [0.25, 0.3) is 0 Å². The van der Waals surface area contributed by atoms with Crippen molar-refractivity contribution in [1.82, 2.24) is 10.2 Å². The second-order valence-electron chi connectivity index (χ2n) is 3.21. The Morgan fingerprint density at radius 1 is 1.36 bits per heavy atom. The van der Waals surface area contributed by atoms with E-state index < -0.39 is 4.87 Å². The van der Waals surface area contributed by atoms with E-state index >= 15 is 0 Å². The van der Waals surface area contributed by atoms with Crippen LogP contribution in [0.25, 0.3) is 0 Å². The zero-order chi connectivity index (χ0) is 10.8. The molecule has 0 radical (unpaired) electrons. The molecule has 0 spiro atoms. The lowest BCUT2D eigenvalue weighted by atomic mass is 10.0. The van der Waals surface area contributed by atoms with Gasteiger partial charge < -0.3 is 0 Å². The Morgan fingerprint density at radius 2 is 2.00 bits per heavy atom. The highest BCUT2D eigenvalue weighted by Gasteiger charge is 2.22. The quantitative estimate of drug-likeness (QED) is 0.787.